The Morgan fingerprint density at radius 2 is 1.71 bits per heavy atom. The average Bonchev–Trinajstić information content (AvgIpc) is 3.19. The van der Waals surface area contributed by atoms with Gasteiger partial charge in [-0.3, -0.25) is 0 Å². The quantitative estimate of drug-likeness (QED) is 0.688. The highest BCUT2D eigenvalue weighted by atomic mass is 19.4. The van der Waals surface area contributed by atoms with Crippen LogP contribution >= 0.6 is 0 Å². The van der Waals surface area contributed by atoms with Crippen molar-refractivity contribution >= 4 is 5.82 Å². The van der Waals surface area contributed by atoms with E-state index in [1.54, 1.807) is 0 Å². The molecule has 0 spiro atoms. The first-order valence-electron chi connectivity index (χ1n) is 9.24. The van der Waals surface area contributed by atoms with E-state index in [9.17, 15) is 13.2 Å². The smallest absolute Gasteiger partial charge is 0.367 e. The molecule has 28 heavy (non-hydrogen) atoms. The van der Waals surface area contributed by atoms with Crippen molar-refractivity contribution < 1.29 is 13.2 Å². The molecular weight excluding hydrogens is 367 g/mol. The summed E-state index contributed by atoms with van der Waals surface area (Å²) >= 11 is 0. The number of nitrogens with one attached hydrogen (secondary N) is 1. The van der Waals surface area contributed by atoms with E-state index in [0.29, 0.717) is 6.04 Å². The number of aromatic nitrogens is 4. The van der Waals surface area contributed by atoms with Crippen LogP contribution in [0, 0.1) is 0 Å². The molecule has 0 saturated heterocycles. The molecule has 3 aromatic rings. The second-order valence-corrected chi connectivity index (χ2v) is 7.01. The number of imidazole rings is 1. The summed E-state index contributed by atoms with van der Waals surface area (Å²) in [6, 6.07) is 11.4. The molecule has 1 N–H and O–H groups in total. The third-order valence-corrected chi connectivity index (χ3v) is 5.10. The van der Waals surface area contributed by atoms with Gasteiger partial charge >= 0.3 is 6.18 Å². The largest absolute Gasteiger partial charge is 0.433 e. The number of alkyl halides is 3. The molecule has 2 aromatic heterocycles. The molecule has 5 nitrogen and oxygen atoms in total. The van der Waals surface area contributed by atoms with Gasteiger partial charge in [0.15, 0.2) is 0 Å². The predicted octanol–water partition coefficient (Wildman–Crippen LogP) is 4.95. The van der Waals surface area contributed by atoms with Crippen molar-refractivity contribution in [3.8, 4) is 11.3 Å². The average molecular weight is 387 g/mol. The molecule has 0 unspecified atom stereocenters. The Bertz CT molecular complexity index is 915. The van der Waals surface area contributed by atoms with Crippen LogP contribution in [0.5, 0.6) is 0 Å². The second-order valence-electron chi connectivity index (χ2n) is 7.01. The van der Waals surface area contributed by atoms with Crippen LogP contribution < -0.4 is 5.32 Å². The van der Waals surface area contributed by atoms with Gasteiger partial charge in [0.05, 0.1) is 12.0 Å². The zero-order valence-electron chi connectivity index (χ0n) is 15.1. The molecule has 1 fully saturated rings. The molecule has 0 aliphatic heterocycles. The summed E-state index contributed by atoms with van der Waals surface area (Å²) in [7, 11) is 0. The van der Waals surface area contributed by atoms with Gasteiger partial charge in [0.2, 0.25) is 0 Å². The van der Waals surface area contributed by atoms with Crippen LogP contribution in [0.3, 0.4) is 0 Å². The lowest BCUT2D eigenvalue weighted by Crippen LogP contribution is -2.27. The molecule has 4 rings (SSSR count). The Kier molecular flexibility index (Phi) is 5.02. The van der Waals surface area contributed by atoms with Gasteiger partial charge in [0.1, 0.15) is 17.8 Å². The fourth-order valence-corrected chi connectivity index (χ4v) is 3.61. The molecule has 1 aromatic carbocycles. The number of anilines is 1. The molecule has 146 valence electrons. The van der Waals surface area contributed by atoms with Crippen molar-refractivity contribution in [2.75, 3.05) is 5.32 Å². The monoisotopic (exact) mass is 387 g/mol. The van der Waals surface area contributed by atoms with Crippen molar-refractivity contribution in [1.29, 1.82) is 0 Å². The van der Waals surface area contributed by atoms with E-state index in [-0.39, 0.29) is 11.9 Å². The van der Waals surface area contributed by atoms with Crippen molar-refractivity contribution in [1.82, 2.24) is 19.5 Å². The number of hydrogen-bond acceptors (Lipinski definition) is 4. The summed E-state index contributed by atoms with van der Waals surface area (Å²) in [5.74, 6) is 0.222. The van der Waals surface area contributed by atoms with Crippen LogP contribution in [0.25, 0.3) is 11.3 Å². The standard InChI is InChI=1S/C20H20F3N5/c21-20(22,23)18-10-19(25-12-24-18)27-15-6-8-16(9-7-15)28-11-17(26-13-28)14-4-2-1-3-5-14/h1-5,10-13,15-16H,6-9H2,(H,24,25,27). The minimum absolute atomic E-state index is 0.101. The maximum atomic E-state index is 12.8. The van der Waals surface area contributed by atoms with Gasteiger partial charge in [-0.2, -0.15) is 13.2 Å². The summed E-state index contributed by atoms with van der Waals surface area (Å²) in [6.07, 6.45) is 3.99. The van der Waals surface area contributed by atoms with Gasteiger partial charge in [0.25, 0.3) is 0 Å². The fourth-order valence-electron chi connectivity index (χ4n) is 3.61. The molecule has 8 heteroatoms. The summed E-state index contributed by atoms with van der Waals surface area (Å²) in [5.41, 5.74) is 1.10. The van der Waals surface area contributed by atoms with Crippen LogP contribution in [0.1, 0.15) is 37.4 Å². The lowest BCUT2D eigenvalue weighted by molar-refractivity contribution is -0.141. The van der Waals surface area contributed by atoms with Crippen LogP contribution in [-0.4, -0.2) is 25.6 Å². The molecule has 1 aliphatic rings. The number of rotatable bonds is 4. The zero-order chi connectivity index (χ0) is 19.6. The predicted molar refractivity (Wildman–Crippen MR) is 99.6 cm³/mol. The first-order chi connectivity index (χ1) is 13.5. The first kappa shape index (κ1) is 18.5. The van der Waals surface area contributed by atoms with Gasteiger partial charge < -0.3 is 9.88 Å². The summed E-state index contributed by atoms with van der Waals surface area (Å²) in [6.45, 7) is 0. The molecule has 0 atom stereocenters. The van der Waals surface area contributed by atoms with E-state index in [1.807, 2.05) is 36.7 Å². The van der Waals surface area contributed by atoms with E-state index in [4.69, 9.17) is 0 Å². The Morgan fingerprint density at radius 1 is 0.964 bits per heavy atom. The highest BCUT2D eigenvalue weighted by molar-refractivity contribution is 5.57. The summed E-state index contributed by atoms with van der Waals surface area (Å²) in [5, 5.41) is 3.12. The molecule has 0 bridgehead atoms. The number of halogens is 3. The third kappa shape index (κ3) is 4.16. The Morgan fingerprint density at radius 3 is 2.43 bits per heavy atom. The second kappa shape index (κ2) is 7.61. The van der Waals surface area contributed by atoms with Crippen LogP contribution in [0.4, 0.5) is 19.0 Å². The molecular formula is C20H20F3N5. The Balaban J connectivity index is 1.36. The summed E-state index contributed by atoms with van der Waals surface area (Å²) < 4.78 is 40.5. The zero-order valence-corrected chi connectivity index (χ0v) is 15.1. The SMILES string of the molecule is FC(F)(F)c1cc(NC2CCC(n3cnc(-c4ccccc4)c3)CC2)ncn1. The van der Waals surface area contributed by atoms with Crippen molar-refractivity contribution in [2.24, 2.45) is 0 Å². The molecule has 1 aliphatic carbocycles. The van der Waals surface area contributed by atoms with E-state index in [2.05, 4.69) is 31.0 Å². The van der Waals surface area contributed by atoms with Crippen molar-refractivity contribution in [3.05, 3.63) is 60.9 Å². The number of hydrogen-bond donors (Lipinski definition) is 1. The van der Waals surface area contributed by atoms with Crippen LogP contribution in [0.15, 0.2) is 55.2 Å². The molecule has 0 radical (unpaired) electrons. The molecule has 0 amide bonds. The van der Waals surface area contributed by atoms with Gasteiger partial charge in [-0.1, -0.05) is 30.3 Å². The number of nitrogens with zero attached hydrogens (tertiary/aromatic N) is 4. The van der Waals surface area contributed by atoms with Crippen molar-refractivity contribution in [2.45, 2.75) is 43.9 Å². The van der Waals surface area contributed by atoms with E-state index in [0.717, 1.165) is 49.3 Å². The highest BCUT2D eigenvalue weighted by Gasteiger charge is 2.33. The molecule has 1 saturated carbocycles. The van der Waals surface area contributed by atoms with Crippen LogP contribution in [0.2, 0.25) is 0 Å². The fraction of sp³-hybridized carbons (Fsp3) is 0.350. The lowest BCUT2D eigenvalue weighted by Gasteiger charge is -2.30. The lowest BCUT2D eigenvalue weighted by atomic mass is 9.91. The van der Waals surface area contributed by atoms with Gasteiger partial charge in [-0.25, -0.2) is 15.0 Å². The minimum atomic E-state index is -4.46. The summed E-state index contributed by atoms with van der Waals surface area (Å²) in [4.78, 5) is 11.7. The van der Waals surface area contributed by atoms with Gasteiger partial charge in [-0.05, 0) is 25.7 Å². The Hall–Kier alpha value is -2.90. The van der Waals surface area contributed by atoms with Gasteiger partial charge in [-0.15, -0.1) is 0 Å². The van der Waals surface area contributed by atoms with E-state index >= 15 is 0 Å². The maximum Gasteiger partial charge on any atom is 0.433 e. The van der Waals surface area contributed by atoms with Crippen molar-refractivity contribution in [3.63, 3.8) is 0 Å². The molecule has 2 heterocycles. The third-order valence-electron chi connectivity index (χ3n) is 5.10. The first-order valence-corrected chi connectivity index (χ1v) is 9.24. The van der Waals surface area contributed by atoms with E-state index < -0.39 is 11.9 Å². The topological polar surface area (TPSA) is 55.6 Å². The maximum absolute atomic E-state index is 12.8. The Labute approximate surface area is 160 Å². The van der Waals surface area contributed by atoms with Gasteiger partial charge in [0, 0.05) is 29.9 Å². The van der Waals surface area contributed by atoms with Crippen LogP contribution in [-0.2, 0) is 6.18 Å². The minimum Gasteiger partial charge on any atom is -0.367 e. The number of benzene rings is 1. The normalized spacial score (nSPS) is 20.1. The highest BCUT2D eigenvalue weighted by Crippen LogP contribution is 2.32. The van der Waals surface area contributed by atoms with E-state index in [1.165, 1.54) is 0 Å².